The number of ether oxygens (including phenoxy) is 1. The number of carbonyl (C=O) groups is 1. The minimum absolute atomic E-state index is 0.000931. The van der Waals surface area contributed by atoms with Crippen LogP contribution in [-0.4, -0.2) is 39.6 Å². The van der Waals surface area contributed by atoms with Crippen LogP contribution in [0.1, 0.15) is 42.1 Å². The Kier molecular flexibility index (Phi) is 5.34. The molecule has 5 nitrogen and oxygen atoms in total. The van der Waals surface area contributed by atoms with Gasteiger partial charge in [0.2, 0.25) is 5.88 Å². The Balaban J connectivity index is 1.66. The Morgan fingerprint density at radius 3 is 2.72 bits per heavy atom. The molecule has 1 aliphatic heterocycles. The molecule has 5 heteroatoms. The van der Waals surface area contributed by atoms with Crippen LogP contribution in [-0.2, 0) is 6.61 Å². The number of rotatable bonds is 6. The van der Waals surface area contributed by atoms with Gasteiger partial charge in [-0.3, -0.25) is 4.79 Å². The van der Waals surface area contributed by atoms with E-state index >= 15 is 0 Å². The zero-order valence-electron chi connectivity index (χ0n) is 14.5. The van der Waals surface area contributed by atoms with E-state index in [0.29, 0.717) is 24.6 Å². The molecular formula is C20H24N2O3. The largest absolute Gasteiger partial charge is 0.473 e. The molecule has 1 aliphatic rings. The van der Waals surface area contributed by atoms with E-state index in [2.05, 4.69) is 4.98 Å². The fourth-order valence-electron chi connectivity index (χ4n) is 3.38. The number of likely N-dealkylation sites (tertiary alicyclic amines) is 1. The van der Waals surface area contributed by atoms with Gasteiger partial charge in [0.15, 0.2) is 0 Å². The van der Waals surface area contributed by atoms with Crippen LogP contribution in [0.3, 0.4) is 0 Å². The van der Waals surface area contributed by atoms with Gasteiger partial charge in [0.05, 0.1) is 17.7 Å². The molecule has 1 N–H and O–H groups in total. The summed E-state index contributed by atoms with van der Waals surface area (Å²) in [7, 11) is 0. The summed E-state index contributed by atoms with van der Waals surface area (Å²) in [4.78, 5) is 18.9. The number of hydrogen-bond acceptors (Lipinski definition) is 4. The van der Waals surface area contributed by atoms with E-state index in [-0.39, 0.29) is 12.5 Å². The summed E-state index contributed by atoms with van der Waals surface area (Å²) in [5, 5.41) is 9.78. The smallest absolute Gasteiger partial charge is 0.255 e. The van der Waals surface area contributed by atoms with Gasteiger partial charge < -0.3 is 14.7 Å². The normalized spacial score (nSPS) is 19.8. The second-order valence-corrected chi connectivity index (χ2v) is 6.46. The minimum Gasteiger partial charge on any atom is -0.473 e. The Morgan fingerprint density at radius 2 is 2.08 bits per heavy atom. The highest BCUT2D eigenvalue weighted by Crippen LogP contribution is 2.33. The zero-order valence-corrected chi connectivity index (χ0v) is 14.5. The topological polar surface area (TPSA) is 62.7 Å². The van der Waals surface area contributed by atoms with Crippen molar-refractivity contribution in [1.82, 2.24) is 9.88 Å². The maximum atomic E-state index is 12.8. The average molecular weight is 340 g/mol. The number of aliphatic hydroxyl groups excluding tert-OH is 1. The van der Waals surface area contributed by atoms with E-state index in [0.717, 1.165) is 24.8 Å². The number of nitrogens with zero attached hydrogens (tertiary/aromatic N) is 2. The minimum atomic E-state index is -0.431. The molecular weight excluding hydrogens is 316 g/mol. The van der Waals surface area contributed by atoms with Gasteiger partial charge >= 0.3 is 0 Å². The van der Waals surface area contributed by atoms with E-state index in [9.17, 15) is 9.90 Å². The van der Waals surface area contributed by atoms with Crippen LogP contribution in [0.15, 0.2) is 48.7 Å². The molecule has 2 heterocycles. The Morgan fingerprint density at radius 1 is 1.28 bits per heavy atom. The molecule has 132 valence electrons. The Hall–Kier alpha value is -2.40. The lowest BCUT2D eigenvalue weighted by atomic mass is 9.93. The third kappa shape index (κ3) is 3.66. The van der Waals surface area contributed by atoms with Crippen molar-refractivity contribution in [3.05, 3.63) is 59.8 Å². The Labute approximate surface area is 148 Å². The summed E-state index contributed by atoms with van der Waals surface area (Å²) in [6.45, 7) is 3.14. The zero-order chi connectivity index (χ0) is 17.7. The van der Waals surface area contributed by atoms with Crippen molar-refractivity contribution in [2.24, 2.45) is 0 Å². The molecule has 0 bridgehead atoms. The molecule has 1 aromatic heterocycles. The lowest BCUT2D eigenvalue weighted by molar-refractivity contribution is 0.0397. The number of hydrogen-bond donors (Lipinski definition) is 1. The fourth-order valence-corrected chi connectivity index (χ4v) is 3.38. The second kappa shape index (κ2) is 7.66. The summed E-state index contributed by atoms with van der Waals surface area (Å²) in [6, 6.07) is 13.3. The number of pyridine rings is 1. The van der Waals surface area contributed by atoms with Crippen LogP contribution in [0, 0.1) is 0 Å². The van der Waals surface area contributed by atoms with Crippen LogP contribution < -0.4 is 4.74 Å². The molecule has 1 unspecified atom stereocenters. The highest BCUT2D eigenvalue weighted by Gasteiger charge is 2.41. The number of aromatic nitrogens is 1. The SMILES string of the molecule is CCC1(CO)CCCN1C(=O)c1ccc(OCc2ccccc2)nc1. The standard InChI is InChI=1S/C20H24N2O3/c1-2-20(15-23)11-6-12-22(20)19(24)17-9-10-18(21-13-17)25-14-16-7-4-3-5-8-16/h3-5,7-10,13,23H,2,6,11-12,14-15H2,1H3. The summed E-state index contributed by atoms with van der Waals surface area (Å²) in [6.07, 6.45) is 4.07. The molecule has 2 aromatic rings. The van der Waals surface area contributed by atoms with Crippen molar-refractivity contribution in [2.75, 3.05) is 13.2 Å². The van der Waals surface area contributed by atoms with E-state index in [1.807, 2.05) is 37.3 Å². The molecule has 1 amide bonds. The molecule has 0 aliphatic carbocycles. The first-order valence-corrected chi connectivity index (χ1v) is 8.74. The predicted octanol–water partition coefficient (Wildman–Crippen LogP) is 3.04. The second-order valence-electron chi connectivity index (χ2n) is 6.46. The highest BCUT2D eigenvalue weighted by molar-refractivity contribution is 5.94. The lowest BCUT2D eigenvalue weighted by Crippen LogP contribution is -2.49. The first-order chi connectivity index (χ1) is 12.2. The van der Waals surface area contributed by atoms with Gasteiger partial charge in [-0.2, -0.15) is 0 Å². The quantitative estimate of drug-likeness (QED) is 0.878. The third-order valence-corrected chi connectivity index (χ3v) is 5.01. The molecule has 1 fully saturated rings. The van der Waals surface area contributed by atoms with Gasteiger partial charge in [0.1, 0.15) is 6.61 Å². The van der Waals surface area contributed by atoms with E-state index in [1.54, 1.807) is 23.2 Å². The molecule has 1 aromatic carbocycles. The number of benzene rings is 1. The van der Waals surface area contributed by atoms with Gasteiger partial charge in [0.25, 0.3) is 5.91 Å². The van der Waals surface area contributed by atoms with Crippen molar-refractivity contribution in [2.45, 2.75) is 38.3 Å². The first kappa shape index (κ1) is 17.4. The van der Waals surface area contributed by atoms with Gasteiger partial charge in [-0.25, -0.2) is 4.98 Å². The first-order valence-electron chi connectivity index (χ1n) is 8.74. The third-order valence-electron chi connectivity index (χ3n) is 5.01. The maximum absolute atomic E-state index is 12.8. The van der Waals surface area contributed by atoms with E-state index in [1.165, 1.54) is 0 Å². The van der Waals surface area contributed by atoms with Crippen LogP contribution in [0.25, 0.3) is 0 Å². The molecule has 1 atom stereocenters. The summed E-state index contributed by atoms with van der Waals surface area (Å²) in [5.74, 6) is 0.418. The number of carbonyl (C=O) groups excluding carboxylic acids is 1. The van der Waals surface area contributed by atoms with Crippen molar-refractivity contribution >= 4 is 5.91 Å². The average Bonchev–Trinajstić information content (AvgIpc) is 3.11. The van der Waals surface area contributed by atoms with Crippen molar-refractivity contribution in [3.63, 3.8) is 0 Å². The predicted molar refractivity (Wildman–Crippen MR) is 95.4 cm³/mol. The number of aliphatic hydroxyl groups is 1. The van der Waals surface area contributed by atoms with Crippen molar-refractivity contribution in [1.29, 1.82) is 0 Å². The van der Waals surface area contributed by atoms with Crippen LogP contribution in [0.5, 0.6) is 5.88 Å². The molecule has 0 saturated carbocycles. The van der Waals surface area contributed by atoms with Crippen LogP contribution in [0.2, 0.25) is 0 Å². The number of amides is 1. The summed E-state index contributed by atoms with van der Waals surface area (Å²) in [5.41, 5.74) is 1.16. The highest BCUT2D eigenvalue weighted by atomic mass is 16.5. The van der Waals surface area contributed by atoms with Gasteiger partial charge in [0, 0.05) is 18.8 Å². The van der Waals surface area contributed by atoms with Crippen molar-refractivity contribution in [3.8, 4) is 5.88 Å². The Bertz CT molecular complexity index is 697. The van der Waals surface area contributed by atoms with Crippen LogP contribution >= 0.6 is 0 Å². The van der Waals surface area contributed by atoms with Gasteiger partial charge in [-0.15, -0.1) is 0 Å². The van der Waals surface area contributed by atoms with E-state index < -0.39 is 5.54 Å². The summed E-state index contributed by atoms with van der Waals surface area (Å²) < 4.78 is 5.66. The molecule has 3 rings (SSSR count). The van der Waals surface area contributed by atoms with Crippen LogP contribution in [0.4, 0.5) is 0 Å². The fraction of sp³-hybridized carbons (Fsp3) is 0.400. The van der Waals surface area contributed by atoms with E-state index in [4.69, 9.17) is 4.74 Å². The summed E-state index contributed by atoms with van der Waals surface area (Å²) >= 11 is 0. The molecule has 0 radical (unpaired) electrons. The van der Waals surface area contributed by atoms with Gasteiger partial charge in [-0.1, -0.05) is 37.3 Å². The van der Waals surface area contributed by atoms with Gasteiger partial charge in [-0.05, 0) is 30.9 Å². The lowest BCUT2D eigenvalue weighted by Gasteiger charge is -2.36. The monoisotopic (exact) mass is 340 g/mol. The molecule has 0 spiro atoms. The maximum Gasteiger partial charge on any atom is 0.255 e. The van der Waals surface area contributed by atoms with Crippen molar-refractivity contribution < 1.29 is 14.6 Å². The molecule has 1 saturated heterocycles. The molecule has 25 heavy (non-hydrogen) atoms.